The normalized spacial score (nSPS) is 14.7. The van der Waals surface area contributed by atoms with Gasteiger partial charge in [-0.05, 0) is 47.7 Å². The lowest BCUT2D eigenvalue weighted by molar-refractivity contribution is 0.0938. The maximum atomic E-state index is 12.7. The zero-order chi connectivity index (χ0) is 22.8. The van der Waals surface area contributed by atoms with Crippen molar-refractivity contribution in [3.05, 3.63) is 83.7 Å². The van der Waals surface area contributed by atoms with E-state index < -0.39 is 0 Å². The fourth-order valence-corrected chi connectivity index (χ4v) is 4.90. The Morgan fingerprint density at radius 1 is 1.12 bits per heavy atom. The summed E-state index contributed by atoms with van der Waals surface area (Å²) in [6, 6.07) is 18.5. The smallest absolute Gasteiger partial charge is 0.253 e. The molecule has 0 radical (unpaired) electrons. The summed E-state index contributed by atoms with van der Waals surface area (Å²) in [5.74, 6) is 0.435. The fourth-order valence-electron chi connectivity index (χ4n) is 4.90. The van der Waals surface area contributed by atoms with Gasteiger partial charge in [0.15, 0.2) is 0 Å². The number of nitrogens with two attached hydrogens (primary N) is 1. The van der Waals surface area contributed by atoms with Gasteiger partial charge in [-0.25, -0.2) is 4.98 Å². The molecule has 33 heavy (non-hydrogen) atoms. The molecule has 4 N–H and O–H groups in total. The molecule has 2 aromatic carbocycles. The minimum atomic E-state index is -0.0878. The van der Waals surface area contributed by atoms with E-state index in [-0.39, 0.29) is 11.3 Å². The molecule has 6 heteroatoms. The number of benzene rings is 2. The van der Waals surface area contributed by atoms with E-state index in [4.69, 9.17) is 10.5 Å². The summed E-state index contributed by atoms with van der Waals surface area (Å²) in [4.78, 5) is 20.4. The molecule has 2 heterocycles. The van der Waals surface area contributed by atoms with Crippen LogP contribution in [0, 0.1) is 0 Å². The number of ether oxygens (including phenoxy) is 1. The van der Waals surface area contributed by atoms with Crippen LogP contribution in [0.25, 0.3) is 22.0 Å². The predicted octanol–water partition coefficient (Wildman–Crippen LogP) is 4.66. The van der Waals surface area contributed by atoms with Gasteiger partial charge in [-0.15, -0.1) is 0 Å². The quantitative estimate of drug-likeness (QED) is 0.365. The number of anilines is 1. The molecule has 0 spiro atoms. The molecule has 1 amide bonds. The van der Waals surface area contributed by atoms with Gasteiger partial charge in [0.1, 0.15) is 5.82 Å². The first-order valence-electron chi connectivity index (χ1n) is 11.3. The van der Waals surface area contributed by atoms with Crippen molar-refractivity contribution in [2.45, 2.75) is 24.7 Å². The number of rotatable bonds is 7. The third-order valence-electron chi connectivity index (χ3n) is 6.83. The molecule has 4 aromatic rings. The second-order valence-electron chi connectivity index (χ2n) is 8.66. The Bertz CT molecular complexity index is 1270. The van der Waals surface area contributed by atoms with Crippen LogP contribution in [0.1, 0.15) is 40.7 Å². The van der Waals surface area contributed by atoms with Gasteiger partial charge in [0.05, 0.1) is 17.7 Å². The van der Waals surface area contributed by atoms with Crippen LogP contribution in [-0.4, -0.2) is 36.1 Å². The second-order valence-corrected chi connectivity index (χ2v) is 8.66. The van der Waals surface area contributed by atoms with E-state index in [2.05, 4.69) is 51.8 Å². The van der Waals surface area contributed by atoms with E-state index in [9.17, 15) is 4.79 Å². The molecule has 0 bridgehead atoms. The number of carbonyl (C=O) groups excluding carboxylic acids is 1. The van der Waals surface area contributed by atoms with Crippen molar-refractivity contribution in [2.24, 2.45) is 0 Å². The zero-order valence-electron chi connectivity index (χ0n) is 18.7. The van der Waals surface area contributed by atoms with Gasteiger partial charge in [-0.1, -0.05) is 42.8 Å². The lowest BCUT2D eigenvalue weighted by Gasteiger charge is -2.43. The summed E-state index contributed by atoms with van der Waals surface area (Å²) in [6.07, 6.45) is 7.27. The second kappa shape index (κ2) is 8.71. The number of amides is 1. The van der Waals surface area contributed by atoms with Crippen molar-refractivity contribution in [3.8, 4) is 11.1 Å². The van der Waals surface area contributed by atoms with Crippen molar-refractivity contribution in [3.63, 3.8) is 0 Å². The van der Waals surface area contributed by atoms with Crippen molar-refractivity contribution < 1.29 is 9.53 Å². The summed E-state index contributed by atoms with van der Waals surface area (Å²) in [6.45, 7) is 0.975. The molecule has 1 aliphatic rings. The van der Waals surface area contributed by atoms with Crippen LogP contribution in [0.4, 0.5) is 5.82 Å². The Morgan fingerprint density at radius 2 is 1.91 bits per heavy atom. The highest BCUT2D eigenvalue weighted by atomic mass is 16.5. The monoisotopic (exact) mass is 440 g/mol. The fraction of sp³-hybridized carbons (Fsp3) is 0.259. The highest BCUT2D eigenvalue weighted by molar-refractivity contribution is 6.06. The minimum Gasteiger partial charge on any atom is -0.384 e. The van der Waals surface area contributed by atoms with Crippen LogP contribution in [0.3, 0.4) is 0 Å². The van der Waals surface area contributed by atoms with Crippen LogP contribution in [0.5, 0.6) is 0 Å². The molecule has 168 valence electrons. The van der Waals surface area contributed by atoms with Gasteiger partial charge >= 0.3 is 0 Å². The van der Waals surface area contributed by atoms with Crippen molar-refractivity contribution in [2.75, 3.05) is 26.0 Å². The first-order valence-corrected chi connectivity index (χ1v) is 11.3. The van der Waals surface area contributed by atoms with Gasteiger partial charge in [0.25, 0.3) is 5.91 Å². The molecular formula is C27H28N4O2. The molecule has 2 aromatic heterocycles. The number of methoxy groups -OCH3 is 1. The average Bonchev–Trinajstić information content (AvgIpc) is 3.24. The number of carbonyl (C=O) groups is 1. The van der Waals surface area contributed by atoms with Gasteiger partial charge in [0.2, 0.25) is 0 Å². The molecule has 6 nitrogen and oxygen atoms in total. The lowest BCUT2D eigenvalue weighted by atomic mass is 9.60. The predicted molar refractivity (Wildman–Crippen MR) is 131 cm³/mol. The Labute approximate surface area is 193 Å². The number of fused-ring (bicyclic) bond motifs is 1. The first-order chi connectivity index (χ1) is 16.1. The number of para-hydroxylation sites is 1. The Hall–Kier alpha value is -3.64. The van der Waals surface area contributed by atoms with Crippen LogP contribution in [-0.2, 0) is 10.2 Å². The number of nitrogens with zero attached hydrogens (tertiary/aromatic N) is 1. The van der Waals surface area contributed by atoms with Gasteiger partial charge in [-0.3, -0.25) is 4.79 Å². The van der Waals surface area contributed by atoms with Gasteiger partial charge in [0, 0.05) is 42.4 Å². The summed E-state index contributed by atoms with van der Waals surface area (Å²) in [7, 11) is 1.63. The number of hydrogen-bond acceptors (Lipinski definition) is 4. The molecule has 1 saturated carbocycles. The third-order valence-corrected chi connectivity index (χ3v) is 6.83. The number of aromatic amines is 1. The van der Waals surface area contributed by atoms with Crippen molar-refractivity contribution in [1.29, 1.82) is 0 Å². The average molecular weight is 441 g/mol. The highest BCUT2D eigenvalue weighted by Gasteiger charge is 2.42. The van der Waals surface area contributed by atoms with Crippen molar-refractivity contribution in [1.82, 2.24) is 15.3 Å². The van der Waals surface area contributed by atoms with Crippen LogP contribution >= 0.6 is 0 Å². The van der Waals surface area contributed by atoms with Crippen LogP contribution in [0.15, 0.2) is 67.0 Å². The van der Waals surface area contributed by atoms with E-state index in [0.29, 0.717) is 24.5 Å². The van der Waals surface area contributed by atoms with Crippen molar-refractivity contribution >= 4 is 22.6 Å². The summed E-state index contributed by atoms with van der Waals surface area (Å²) in [5, 5.41) is 4.04. The molecule has 1 aliphatic carbocycles. The van der Waals surface area contributed by atoms with E-state index >= 15 is 0 Å². The van der Waals surface area contributed by atoms with Gasteiger partial charge in [-0.2, -0.15) is 0 Å². The number of aromatic nitrogens is 2. The van der Waals surface area contributed by atoms with E-state index in [1.807, 2.05) is 30.5 Å². The number of nitrogen functional groups attached to an aromatic ring is 1. The maximum Gasteiger partial charge on any atom is 0.253 e. The molecule has 0 saturated heterocycles. The number of hydrogen-bond donors (Lipinski definition) is 3. The number of nitrogens with one attached hydrogen (secondary N) is 2. The third kappa shape index (κ3) is 3.76. The van der Waals surface area contributed by atoms with Crippen LogP contribution in [0.2, 0.25) is 0 Å². The molecule has 0 atom stereocenters. The summed E-state index contributed by atoms with van der Waals surface area (Å²) >= 11 is 0. The minimum absolute atomic E-state index is 0.0404. The highest BCUT2D eigenvalue weighted by Crippen LogP contribution is 2.51. The zero-order valence-corrected chi connectivity index (χ0v) is 18.7. The van der Waals surface area contributed by atoms with E-state index in [1.54, 1.807) is 7.11 Å². The molecule has 0 unspecified atom stereocenters. The first kappa shape index (κ1) is 21.2. The Balaban J connectivity index is 1.48. The number of H-pyrrole nitrogens is 1. The Morgan fingerprint density at radius 3 is 2.58 bits per heavy atom. The van der Waals surface area contributed by atoms with E-state index in [0.717, 1.165) is 34.9 Å². The van der Waals surface area contributed by atoms with Crippen LogP contribution < -0.4 is 11.1 Å². The maximum absolute atomic E-state index is 12.7. The Kier molecular flexibility index (Phi) is 5.60. The number of pyridine rings is 1. The summed E-state index contributed by atoms with van der Waals surface area (Å²) in [5.41, 5.74) is 12.0. The topological polar surface area (TPSA) is 93.0 Å². The van der Waals surface area contributed by atoms with E-state index in [1.165, 1.54) is 17.5 Å². The summed E-state index contributed by atoms with van der Waals surface area (Å²) < 4.78 is 5.05. The molecular weight excluding hydrogens is 412 g/mol. The lowest BCUT2D eigenvalue weighted by Crippen LogP contribution is -2.35. The molecule has 1 fully saturated rings. The largest absolute Gasteiger partial charge is 0.384 e. The standard InChI is InChI=1S/C27H28N4O2/c1-33-15-14-29-26(32)22-5-2-4-21-23(17-31-25(21)22)27(12-3-13-27)20-9-6-18(7-10-20)19-8-11-24(28)30-16-19/h2,4-11,16-17,31H,3,12-15H2,1H3,(H2,28,30)(H,29,32). The SMILES string of the molecule is COCCNC(=O)c1cccc2c(C3(c4ccc(-c5ccc(N)nc5)cc4)CCC3)c[nH]c12. The molecule has 5 rings (SSSR count). The van der Waals surface area contributed by atoms with Gasteiger partial charge < -0.3 is 20.8 Å². The molecule has 0 aliphatic heterocycles.